The van der Waals surface area contributed by atoms with E-state index in [1.807, 2.05) is 0 Å². The summed E-state index contributed by atoms with van der Waals surface area (Å²) >= 11 is 11.2. The lowest BCUT2D eigenvalue weighted by molar-refractivity contribution is 0.989. The molecule has 0 unspecified atom stereocenters. The van der Waals surface area contributed by atoms with Crippen molar-refractivity contribution in [3.05, 3.63) is 16.1 Å². The molecule has 0 saturated heterocycles. The molecule has 4 heterocycles. The molecule has 0 aromatic carbocycles. The van der Waals surface area contributed by atoms with Crippen molar-refractivity contribution in [3.8, 4) is 5.95 Å². The van der Waals surface area contributed by atoms with Crippen molar-refractivity contribution in [2.75, 3.05) is 11.5 Å². The Morgan fingerprint density at radius 2 is 1.95 bits per heavy atom. The van der Waals surface area contributed by atoms with Crippen LogP contribution >= 0.6 is 23.8 Å². The number of nitrogen functional groups attached to an aromatic ring is 2. The maximum atomic E-state index is 6.02. The third-order valence-electron chi connectivity index (χ3n) is 2.98. The van der Waals surface area contributed by atoms with E-state index in [1.54, 1.807) is 4.57 Å². The van der Waals surface area contributed by atoms with Crippen LogP contribution in [0.5, 0.6) is 0 Å². The fourth-order valence-corrected chi connectivity index (χ4v) is 2.61. The van der Waals surface area contributed by atoms with E-state index in [2.05, 4.69) is 34.9 Å². The molecule has 4 rings (SSSR count). The van der Waals surface area contributed by atoms with Gasteiger partial charge in [-0.05, 0) is 0 Å². The highest BCUT2D eigenvalue weighted by atomic mass is 35.5. The first-order valence-electron chi connectivity index (χ1n) is 5.95. The number of rotatable bonds is 1. The number of aromatic nitrogens is 8. The molecular formula is C10H7ClN10S. The van der Waals surface area contributed by atoms with Gasteiger partial charge in [-0.2, -0.15) is 15.0 Å². The molecule has 0 aliphatic heterocycles. The molecule has 0 atom stereocenters. The molecule has 0 aliphatic carbocycles. The number of fused-ring (bicyclic) bond motifs is 2. The van der Waals surface area contributed by atoms with E-state index in [-0.39, 0.29) is 17.0 Å². The highest BCUT2D eigenvalue weighted by molar-refractivity contribution is 7.71. The van der Waals surface area contributed by atoms with Gasteiger partial charge in [0, 0.05) is 0 Å². The number of aromatic amines is 2. The third kappa shape index (κ3) is 1.79. The minimum Gasteiger partial charge on any atom is -0.369 e. The predicted molar refractivity (Wildman–Crippen MR) is 83.1 cm³/mol. The summed E-state index contributed by atoms with van der Waals surface area (Å²) in [5.41, 5.74) is 13.0. The maximum Gasteiger partial charge on any atom is 0.223 e. The molecule has 0 amide bonds. The Hall–Kier alpha value is -2.79. The number of imidazole rings is 2. The van der Waals surface area contributed by atoms with Crippen molar-refractivity contribution in [1.82, 2.24) is 39.5 Å². The molecule has 0 radical (unpaired) electrons. The van der Waals surface area contributed by atoms with Crippen LogP contribution in [0.4, 0.5) is 11.9 Å². The van der Waals surface area contributed by atoms with E-state index in [9.17, 15) is 0 Å². The molecule has 0 aliphatic rings. The fourth-order valence-electron chi connectivity index (χ4n) is 2.10. The van der Waals surface area contributed by atoms with Crippen LogP contribution in [0.1, 0.15) is 0 Å². The standard InChI is InChI=1S/C10H7ClN10S/c11-4-2-5(17-8(12)16-4)19-10(15-2)21-1-14-6-3(21)7(22)20-9(13)18-6/h1H,(H3,13,18,20,22)(H3,12,15,16,17,19). The Morgan fingerprint density at radius 3 is 2.77 bits per heavy atom. The topological polar surface area (TPSA) is 153 Å². The molecule has 0 bridgehead atoms. The molecule has 12 heteroatoms. The number of hydrogen-bond acceptors (Lipinski definition) is 8. The normalized spacial score (nSPS) is 11.5. The van der Waals surface area contributed by atoms with Crippen LogP contribution in [0.3, 0.4) is 0 Å². The van der Waals surface area contributed by atoms with Gasteiger partial charge in [0.15, 0.2) is 21.1 Å². The van der Waals surface area contributed by atoms with Crippen LogP contribution in [-0.4, -0.2) is 39.5 Å². The largest absolute Gasteiger partial charge is 0.369 e. The summed E-state index contributed by atoms with van der Waals surface area (Å²) in [4.78, 5) is 26.2. The molecule has 6 N–H and O–H groups in total. The van der Waals surface area contributed by atoms with E-state index in [4.69, 9.17) is 35.3 Å². The monoisotopic (exact) mass is 334 g/mol. The first-order chi connectivity index (χ1) is 10.5. The second-order valence-electron chi connectivity index (χ2n) is 4.37. The van der Waals surface area contributed by atoms with Gasteiger partial charge in [0.05, 0.1) is 0 Å². The number of H-pyrrole nitrogens is 2. The SMILES string of the molecule is Nc1nc(Cl)c2[nH]c(-n3cnc4[nH]c(N)nc(=S)c43)nc2n1. The quantitative estimate of drug-likeness (QED) is 0.296. The highest BCUT2D eigenvalue weighted by Crippen LogP contribution is 2.22. The van der Waals surface area contributed by atoms with Gasteiger partial charge < -0.3 is 21.4 Å². The van der Waals surface area contributed by atoms with Gasteiger partial charge in [-0.15, -0.1) is 0 Å². The van der Waals surface area contributed by atoms with Crippen LogP contribution in [-0.2, 0) is 0 Å². The van der Waals surface area contributed by atoms with Gasteiger partial charge in [0.2, 0.25) is 17.8 Å². The Kier molecular flexibility index (Phi) is 2.55. The summed E-state index contributed by atoms with van der Waals surface area (Å²) in [6.07, 6.45) is 1.53. The average molecular weight is 335 g/mol. The van der Waals surface area contributed by atoms with Crippen molar-refractivity contribution < 1.29 is 0 Å². The molecule has 10 nitrogen and oxygen atoms in total. The lowest BCUT2D eigenvalue weighted by atomic mass is 10.5. The minimum absolute atomic E-state index is 0.0396. The van der Waals surface area contributed by atoms with Crippen LogP contribution in [0, 0.1) is 4.64 Å². The summed E-state index contributed by atoms with van der Waals surface area (Å²) in [7, 11) is 0. The van der Waals surface area contributed by atoms with Crippen molar-refractivity contribution in [1.29, 1.82) is 0 Å². The van der Waals surface area contributed by atoms with Gasteiger partial charge in [-0.25, -0.2) is 9.97 Å². The summed E-state index contributed by atoms with van der Waals surface area (Å²) in [5, 5.41) is 0.179. The van der Waals surface area contributed by atoms with Gasteiger partial charge in [-0.3, -0.25) is 4.57 Å². The molecule has 110 valence electrons. The van der Waals surface area contributed by atoms with E-state index >= 15 is 0 Å². The van der Waals surface area contributed by atoms with Crippen molar-refractivity contribution in [3.63, 3.8) is 0 Å². The summed E-state index contributed by atoms with van der Waals surface area (Å²) < 4.78 is 1.91. The summed E-state index contributed by atoms with van der Waals surface area (Å²) in [6.45, 7) is 0. The Morgan fingerprint density at radius 1 is 1.14 bits per heavy atom. The molecule has 0 spiro atoms. The molecule has 22 heavy (non-hydrogen) atoms. The Labute approximate surface area is 131 Å². The van der Waals surface area contributed by atoms with Crippen LogP contribution in [0.25, 0.3) is 28.3 Å². The number of halogens is 1. The van der Waals surface area contributed by atoms with Crippen molar-refractivity contribution in [2.45, 2.75) is 0 Å². The molecule has 0 saturated carbocycles. The zero-order valence-electron chi connectivity index (χ0n) is 10.7. The van der Waals surface area contributed by atoms with Crippen LogP contribution in [0.15, 0.2) is 6.33 Å². The summed E-state index contributed by atoms with van der Waals surface area (Å²) in [5.74, 6) is 0.636. The van der Waals surface area contributed by atoms with Crippen molar-refractivity contribution in [2.24, 2.45) is 0 Å². The van der Waals surface area contributed by atoms with E-state index in [0.717, 1.165) is 0 Å². The lowest BCUT2D eigenvalue weighted by Gasteiger charge is -1.99. The third-order valence-corrected chi connectivity index (χ3v) is 3.54. The maximum absolute atomic E-state index is 6.02. The van der Waals surface area contributed by atoms with Gasteiger partial charge in [0.1, 0.15) is 17.4 Å². The number of nitrogens with two attached hydrogens (primary N) is 2. The van der Waals surface area contributed by atoms with E-state index in [0.29, 0.717) is 32.9 Å². The zero-order chi connectivity index (χ0) is 15.4. The number of nitrogens with one attached hydrogen (secondary N) is 2. The number of nitrogens with zero attached hydrogens (tertiary/aromatic N) is 6. The fraction of sp³-hybridized carbons (Fsp3) is 0. The summed E-state index contributed by atoms with van der Waals surface area (Å²) in [6, 6.07) is 0. The Bertz CT molecular complexity index is 1090. The lowest BCUT2D eigenvalue weighted by Crippen LogP contribution is -1.99. The van der Waals surface area contributed by atoms with Crippen LogP contribution < -0.4 is 11.5 Å². The van der Waals surface area contributed by atoms with Gasteiger partial charge >= 0.3 is 0 Å². The first kappa shape index (κ1) is 12.9. The number of anilines is 2. The van der Waals surface area contributed by atoms with Gasteiger partial charge in [0.25, 0.3) is 0 Å². The molecule has 0 fully saturated rings. The smallest absolute Gasteiger partial charge is 0.223 e. The van der Waals surface area contributed by atoms with E-state index in [1.165, 1.54) is 6.33 Å². The van der Waals surface area contributed by atoms with Gasteiger partial charge in [-0.1, -0.05) is 23.8 Å². The highest BCUT2D eigenvalue weighted by Gasteiger charge is 2.15. The average Bonchev–Trinajstić information content (AvgIpc) is 3.01. The number of hydrogen-bond donors (Lipinski definition) is 4. The minimum atomic E-state index is 0.0396. The van der Waals surface area contributed by atoms with E-state index < -0.39 is 0 Å². The second-order valence-corrected chi connectivity index (χ2v) is 5.12. The Balaban J connectivity index is 2.03. The van der Waals surface area contributed by atoms with Crippen molar-refractivity contribution >= 4 is 58.0 Å². The predicted octanol–water partition coefficient (Wildman–Crippen LogP) is 0.962. The molecule has 4 aromatic heterocycles. The first-order valence-corrected chi connectivity index (χ1v) is 6.73. The second kappa shape index (κ2) is 4.35. The zero-order valence-corrected chi connectivity index (χ0v) is 12.3. The van der Waals surface area contributed by atoms with Crippen LogP contribution in [0.2, 0.25) is 5.15 Å². The molecule has 4 aromatic rings. The molecular weight excluding hydrogens is 328 g/mol.